The average molecular weight is 435 g/mol. The molecule has 25 heavy (non-hydrogen) atoms. The van der Waals surface area contributed by atoms with Crippen molar-refractivity contribution in [3.8, 4) is 5.75 Å². The number of nitrogens with zero attached hydrogens (tertiary/aromatic N) is 1. The minimum absolute atomic E-state index is 0.278. The maximum absolute atomic E-state index is 12.2. The molecule has 0 fully saturated rings. The number of benzene rings is 2. The molecule has 0 N–H and O–H groups in total. The van der Waals surface area contributed by atoms with Crippen LogP contribution in [0.3, 0.4) is 0 Å². The largest absolute Gasteiger partial charge is 0.573 e. The van der Waals surface area contributed by atoms with Gasteiger partial charge in [0.05, 0.1) is 6.04 Å². The van der Waals surface area contributed by atoms with Crippen molar-refractivity contribution in [3.63, 3.8) is 0 Å². The SMILES string of the molecule is O=CC1c2c(Cl)cc(Br)cc2CN1Cc1ccc(OC(F)(F)F)cc1. The molecule has 2 aromatic rings. The fraction of sp³-hybridized carbons (Fsp3) is 0.235. The monoisotopic (exact) mass is 433 g/mol. The van der Waals surface area contributed by atoms with Crippen molar-refractivity contribution < 1.29 is 22.7 Å². The van der Waals surface area contributed by atoms with Crippen LogP contribution in [0.1, 0.15) is 22.7 Å². The summed E-state index contributed by atoms with van der Waals surface area (Å²) in [4.78, 5) is 13.5. The maximum Gasteiger partial charge on any atom is 0.573 e. The molecule has 132 valence electrons. The number of halogens is 5. The Balaban J connectivity index is 1.77. The molecule has 1 aliphatic rings. The van der Waals surface area contributed by atoms with Gasteiger partial charge in [0.25, 0.3) is 0 Å². The van der Waals surface area contributed by atoms with Gasteiger partial charge in [-0.15, -0.1) is 13.2 Å². The van der Waals surface area contributed by atoms with Crippen molar-refractivity contribution in [3.05, 3.63) is 62.6 Å². The van der Waals surface area contributed by atoms with E-state index in [-0.39, 0.29) is 5.75 Å². The average Bonchev–Trinajstić information content (AvgIpc) is 2.85. The molecule has 0 aliphatic carbocycles. The van der Waals surface area contributed by atoms with Gasteiger partial charge in [0.1, 0.15) is 12.0 Å². The van der Waals surface area contributed by atoms with Gasteiger partial charge in [-0.2, -0.15) is 0 Å². The number of rotatable bonds is 4. The van der Waals surface area contributed by atoms with Gasteiger partial charge in [-0.05, 0) is 41.0 Å². The predicted molar refractivity (Wildman–Crippen MR) is 90.3 cm³/mol. The molecular weight excluding hydrogens is 423 g/mol. The Hall–Kier alpha value is -1.57. The summed E-state index contributed by atoms with van der Waals surface area (Å²) < 4.78 is 41.3. The second-order valence-corrected chi connectivity index (χ2v) is 6.96. The number of hydrogen-bond donors (Lipinski definition) is 0. The van der Waals surface area contributed by atoms with Gasteiger partial charge < -0.3 is 9.53 Å². The minimum Gasteiger partial charge on any atom is -0.406 e. The second-order valence-electron chi connectivity index (χ2n) is 5.64. The van der Waals surface area contributed by atoms with Gasteiger partial charge in [-0.3, -0.25) is 4.90 Å². The molecule has 1 aliphatic heterocycles. The fourth-order valence-electron chi connectivity index (χ4n) is 2.94. The van der Waals surface area contributed by atoms with Gasteiger partial charge in [-0.1, -0.05) is 39.7 Å². The molecule has 0 bridgehead atoms. The first-order valence-electron chi connectivity index (χ1n) is 7.28. The third-order valence-corrected chi connectivity index (χ3v) is 4.68. The molecule has 3 rings (SSSR count). The Bertz CT molecular complexity index is 796. The van der Waals surface area contributed by atoms with E-state index in [1.54, 1.807) is 18.2 Å². The lowest BCUT2D eigenvalue weighted by Crippen LogP contribution is -2.22. The summed E-state index contributed by atoms with van der Waals surface area (Å²) >= 11 is 9.64. The van der Waals surface area contributed by atoms with Crippen LogP contribution in [0.25, 0.3) is 0 Å². The fourth-order valence-corrected chi connectivity index (χ4v) is 3.93. The number of fused-ring (bicyclic) bond motifs is 1. The third-order valence-electron chi connectivity index (χ3n) is 3.91. The van der Waals surface area contributed by atoms with E-state index >= 15 is 0 Å². The Kier molecular flexibility index (Phi) is 5.09. The van der Waals surface area contributed by atoms with Gasteiger partial charge in [-0.25, -0.2) is 0 Å². The Morgan fingerprint density at radius 3 is 2.56 bits per heavy atom. The van der Waals surface area contributed by atoms with Crippen LogP contribution in [0, 0.1) is 0 Å². The van der Waals surface area contributed by atoms with Crippen molar-refractivity contribution in [2.45, 2.75) is 25.5 Å². The van der Waals surface area contributed by atoms with Gasteiger partial charge in [0.2, 0.25) is 0 Å². The smallest absolute Gasteiger partial charge is 0.406 e. The summed E-state index contributed by atoms with van der Waals surface area (Å²) in [6.07, 6.45) is -3.89. The van der Waals surface area contributed by atoms with Crippen molar-refractivity contribution in [1.82, 2.24) is 4.90 Å². The van der Waals surface area contributed by atoms with Crippen molar-refractivity contribution in [2.24, 2.45) is 0 Å². The topological polar surface area (TPSA) is 29.5 Å². The maximum atomic E-state index is 12.2. The third kappa shape index (κ3) is 4.16. The van der Waals surface area contributed by atoms with E-state index in [1.807, 2.05) is 11.0 Å². The summed E-state index contributed by atoms with van der Waals surface area (Å²) in [7, 11) is 0. The van der Waals surface area contributed by atoms with Gasteiger partial charge in [0.15, 0.2) is 0 Å². The summed E-state index contributed by atoms with van der Waals surface area (Å²) in [6.45, 7) is 0.928. The van der Waals surface area contributed by atoms with E-state index in [2.05, 4.69) is 20.7 Å². The van der Waals surface area contributed by atoms with Crippen LogP contribution in [0.4, 0.5) is 13.2 Å². The molecule has 0 aromatic heterocycles. The highest BCUT2D eigenvalue weighted by Gasteiger charge is 2.33. The molecular formula is C17H12BrClF3NO2. The molecule has 3 nitrogen and oxygen atoms in total. The molecule has 8 heteroatoms. The zero-order valence-electron chi connectivity index (χ0n) is 12.7. The highest BCUT2D eigenvalue weighted by Crippen LogP contribution is 2.40. The molecule has 0 saturated carbocycles. The molecule has 0 saturated heterocycles. The Labute approximate surface area is 155 Å². The van der Waals surface area contributed by atoms with Crippen LogP contribution < -0.4 is 4.74 Å². The molecule has 0 spiro atoms. The first-order valence-corrected chi connectivity index (χ1v) is 8.46. The number of carbonyl (C=O) groups excluding carboxylic acids is 1. The van der Waals surface area contributed by atoms with Crippen LogP contribution in [-0.2, 0) is 17.9 Å². The van der Waals surface area contributed by atoms with E-state index < -0.39 is 12.4 Å². The quantitative estimate of drug-likeness (QED) is 0.615. The first-order chi connectivity index (χ1) is 11.8. The van der Waals surface area contributed by atoms with Crippen LogP contribution >= 0.6 is 27.5 Å². The van der Waals surface area contributed by atoms with E-state index in [0.29, 0.717) is 18.1 Å². The summed E-state index contributed by atoms with van der Waals surface area (Å²) in [5.74, 6) is -0.278. The zero-order valence-corrected chi connectivity index (χ0v) is 15.0. The van der Waals surface area contributed by atoms with Crippen LogP contribution in [0.5, 0.6) is 5.75 Å². The molecule has 1 atom stereocenters. The molecule has 0 radical (unpaired) electrons. The standard InChI is InChI=1S/C17H12BrClF3NO2/c18-12-5-11-8-23(15(9-24)16(11)14(19)6-12)7-10-1-3-13(4-2-10)25-17(20,21)22/h1-6,9,15H,7-8H2. The number of aldehydes is 1. The zero-order chi connectivity index (χ0) is 18.2. The highest BCUT2D eigenvalue weighted by molar-refractivity contribution is 9.10. The van der Waals surface area contributed by atoms with Gasteiger partial charge >= 0.3 is 6.36 Å². The van der Waals surface area contributed by atoms with Crippen LogP contribution in [0.15, 0.2) is 40.9 Å². The van der Waals surface area contributed by atoms with E-state index in [1.165, 1.54) is 12.1 Å². The molecule has 1 heterocycles. The lowest BCUT2D eigenvalue weighted by Gasteiger charge is -2.21. The molecule has 0 amide bonds. The number of ether oxygens (including phenoxy) is 1. The molecule has 1 unspecified atom stereocenters. The summed E-state index contributed by atoms with van der Waals surface area (Å²) in [5, 5.41) is 0.512. The number of carbonyl (C=O) groups is 1. The second kappa shape index (κ2) is 6.97. The predicted octanol–water partition coefficient (Wildman–Crippen LogP) is 5.26. The van der Waals surface area contributed by atoms with Crippen molar-refractivity contribution in [1.29, 1.82) is 0 Å². The molecule has 2 aromatic carbocycles. The van der Waals surface area contributed by atoms with Gasteiger partial charge in [0, 0.05) is 22.6 Å². The normalized spacial score (nSPS) is 17.4. The van der Waals surface area contributed by atoms with Crippen molar-refractivity contribution >= 4 is 33.8 Å². The first kappa shape index (κ1) is 18.2. The number of alkyl halides is 3. The minimum atomic E-state index is -4.72. The van der Waals surface area contributed by atoms with Crippen molar-refractivity contribution in [2.75, 3.05) is 0 Å². The Morgan fingerprint density at radius 2 is 1.96 bits per heavy atom. The summed E-state index contributed by atoms with van der Waals surface area (Å²) in [6, 6.07) is 8.77. The lowest BCUT2D eigenvalue weighted by atomic mass is 10.1. The van der Waals surface area contributed by atoms with E-state index in [9.17, 15) is 18.0 Å². The van der Waals surface area contributed by atoms with Crippen LogP contribution in [-0.4, -0.2) is 17.5 Å². The highest BCUT2D eigenvalue weighted by atomic mass is 79.9. The van der Waals surface area contributed by atoms with E-state index in [4.69, 9.17) is 11.6 Å². The van der Waals surface area contributed by atoms with Crippen LogP contribution in [0.2, 0.25) is 5.02 Å². The lowest BCUT2D eigenvalue weighted by molar-refractivity contribution is -0.274. The number of hydrogen-bond acceptors (Lipinski definition) is 3. The Morgan fingerprint density at radius 1 is 1.28 bits per heavy atom. The summed E-state index contributed by atoms with van der Waals surface area (Å²) in [5.41, 5.74) is 2.50. The van der Waals surface area contributed by atoms with E-state index in [0.717, 1.165) is 27.4 Å².